The van der Waals surface area contributed by atoms with E-state index >= 15 is 0 Å². The second-order valence-corrected chi connectivity index (χ2v) is 5.59. The molecule has 0 rings (SSSR count). The Labute approximate surface area is 118 Å². The number of hydrogen-bond acceptors (Lipinski definition) is 4. The van der Waals surface area contributed by atoms with Crippen molar-refractivity contribution in [1.82, 2.24) is 10.2 Å². The molecule has 0 heterocycles. The number of esters is 1. The molecule has 0 saturated heterocycles. The highest BCUT2D eigenvalue weighted by atomic mass is 16.5. The smallest absolute Gasteiger partial charge is 0.325 e. The van der Waals surface area contributed by atoms with Gasteiger partial charge in [0.1, 0.15) is 5.54 Å². The van der Waals surface area contributed by atoms with E-state index in [2.05, 4.69) is 38.0 Å². The number of nitrogens with one attached hydrogen (secondary N) is 1. The summed E-state index contributed by atoms with van der Waals surface area (Å²) in [6.07, 6.45) is 3.96. The normalized spacial score (nSPS) is 16.2. The third kappa shape index (κ3) is 6.39. The van der Waals surface area contributed by atoms with E-state index in [0.29, 0.717) is 6.04 Å². The summed E-state index contributed by atoms with van der Waals surface area (Å²) in [5.74, 6) is -0.160. The van der Waals surface area contributed by atoms with Crippen molar-refractivity contribution in [3.05, 3.63) is 0 Å². The maximum atomic E-state index is 11.9. The van der Waals surface area contributed by atoms with Gasteiger partial charge in [-0.15, -0.1) is 0 Å². The molecule has 0 amide bonds. The zero-order chi connectivity index (χ0) is 14.9. The highest BCUT2D eigenvalue weighted by Gasteiger charge is 2.33. The van der Waals surface area contributed by atoms with E-state index < -0.39 is 5.54 Å². The van der Waals surface area contributed by atoms with Crippen molar-refractivity contribution < 1.29 is 9.53 Å². The molecule has 0 aromatic carbocycles. The molecule has 4 nitrogen and oxygen atoms in total. The van der Waals surface area contributed by atoms with Crippen LogP contribution in [0.25, 0.3) is 0 Å². The van der Waals surface area contributed by atoms with Gasteiger partial charge in [-0.05, 0) is 59.7 Å². The van der Waals surface area contributed by atoms with Gasteiger partial charge in [-0.2, -0.15) is 0 Å². The van der Waals surface area contributed by atoms with Crippen LogP contribution in [0.15, 0.2) is 0 Å². The molecule has 0 spiro atoms. The molecule has 0 aliphatic heterocycles. The summed E-state index contributed by atoms with van der Waals surface area (Å²) >= 11 is 0. The Balaban J connectivity index is 4.30. The molecule has 0 fully saturated rings. The zero-order valence-corrected chi connectivity index (χ0v) is 13.6. The molecule has 2 atom stereocenters. The Morgan fingerprint density at radius 1 is 1.42 bits per heavy atom. The Morgan fingerprint density at radius 2 is 2.05 bits per heavy atom. The first kappa shape index (κ1) is 18.4. The van der Waals surface area contributed by atoms with E-state index in [1.165, 1.54) is 7.11 Å². The Kier molecular flexibility index (Phi) is 9.02. The van der Waals surface area contributed by atoms with Gasteiger partial charge in [0.05, 0.1) is 7.11 Å². The van der Waals surface area contributed by atoms with Crippen molar-refractivity contribution in [2.75, 3.05) is 27.2 Å². The second kappa shape index (κ2) is 9.32. The van der Waals surface area contributed by atoms with Gasteiger partial charge in [0.2, 0.25) is 0 Å². The fraction of sp³-hybridized carbons (Fsp3) is 0.933. The van der Waals surface area contributed by atoms with Gasteiger partial charge < -0.3 is 15.0 Å². The first-order chi connectivity index (χ1) is 8.91. The van der Waals surface area contributed by atoms with Crippen LogP contribution in [0.5, 0.6) is 0 Å². The first-order valence-electron chi connectivity index (χ1n) is 7.45. The van der Waals surface area contributed by atoms with Gasteiger partial charge in [0.15, 0.2) is 0 Å². The Hall–Kier alpha value is -0.610. The fourth-order valence-electron chi connectivity index (χ4n) is 2.10. The monoisotopic (exact) mass is 272 g/mol. The number of rotatable bonds is 10. The molecule has 0 aromatic rings. The number of hydrogen-bond donors (Lipinski definition) is 1. The second-order valence-electron chi connectivity index (χ2n) is 5.59. The quantitative estimate of drug-likeness (QED) is 0.620. The van der Waals surface area contributed by atoms with Crippen LogP contribution in [0.4, 0.5) is 0 Å². The Bertz CT molecular complexity index is 259. The molecule has 4 heteroatoms. The lowest BCUT2D eigenvalue weighted by molar-refractivity contribution is -0.148. The van der Waals surface area contributed by atoms with Crippen molar-refractivity contribution in [2.24, 2.45) is 0 Å². The van der Waals surface area contributed by atoms with Gasteiger partial charge in [0, 0.05) is 6.04 Å². The van der Waals surface area contributed by atoms with Crippen LogP contribution in [-0.4, -0.2) is 49.7 Å². The van der Waals surface area contributed by atoms with Crippen LogP contribution in [0.1, 0.15) is 53.4 Å². The largest absolute Gasteiger partial charge is 0.468 e. The number of methoxy groups -OCH3 is 1. The minimum Gasteiger partial charge on any atom is -0.468 e. The van der Waals surface area contributed by atoms with Gasteiger partial charge in [-0.1, -0.05) is 13.8 Å². The maximum absolute atomic E-state index is 11.9. The predicted octanol–water partition coefficient (Wildman–Crippen LogP) is 2.43. The molecular weight excluding hydrogens is 240 g/mol. The highest BCUT2D eigenvalue weighted by molar-refractivity contribution is 5.80. The molecule has 1 N–H and O–H groups in total. The molecule has 2 unspecified atom stereocenters. The summed E-state index contributed by atoms with van der Waals surface area (Å²) < 4.78 is 4.92. The maximum Gasteiger partial charge on any atom is 0.325 e. The zero-order valence-electron chi connectivity index (χ0n) is 13.6. The highest BCUT2D eigenvalue weighted by Crippen LogP contribution is 2.15. The summed E-state index contributed by atoms with van der Waals surface area (Å²) in [6, 6.07) is 0.591. The van der Waals surface area contributed by atoms with Gasteiger partial charge in [-0.25, -0.2) is 0 Å². The van der Waals surface area contributed by atoms with Crippen LogP contribution in [0, 0.1) is 0 Å². The van der Waals surface area contributed by atoms with Gasteiger partial charge in [0.25, 0.3) is 0 Å². The van der Waals surface area contributed by atoms with Crippen molar-refractivity contribution in [2.45, 2.75) is 65.0 Å². The predicted molar refractivity (Wildman–Crippen MR) is 80.3 cm³/mol. The van der Waals surface area contributed by atoms with E-state index in [9.17, 15) is 4.79 Å². The lowest BCUT2D eigenvalue weighted by atomic mass is 9.95. The molecule has 0 radical (unpaired) electrons. The first-order valence-corrected chi connectivity index (χ1v) is 7.45. The molecule has 19 heavy (non-hydrogen) atoms. The van der Waals surface area contributed by atoms with E-state index in [-0.39, 0.29) is 5.97 Å². The van der Waals surface area contributed by atoms with Crippen LogP contribution in [0.2, 0.25) is 0 Å². The van der Waals surface area contributed by atoms with Crippen LogP contribution >= 0.6 is 0 Å². The van der Waals surface area contributed by atoms with Crippen molar-refractivity contribution in [3.63, 3.8) is 0 Å². The number of carbonyl (C=O) groups excluding carboxylic acids is 1. The van der Waals surface area contributed by atoms with E-state index in [0.717, 1.165) is 38.8 Å². The fourth-order valence-corrected chi connectivity index (χ4v) is 2.10. The average molecular weight is 272 g/mol. The summed E-state index contributed by atoms with van der Waals surface area (Å²) in [6.45, 7) is 10.3. The molecule has 0 aliphatic carbocycles. The van der Waals surface area contributed by atoms with Crippen molar-refractivity contribution >= 4 is 5.97 Å². The molecule has 0 bridgehead atoms. The molecular formula is C15H32N2O2. The van der Waals surface area contributed by atoms with Crippen LogP contribution in [0.3, 0.4) is 0 Å². The molecule has 0 saturated carbocycles. The van der Waals surface area contributed by atoms with Gasteiger partial charge >= 0.3 is 5.97 Å². The van der Waals surface area contributed by atoms with E-state index in [4.69, 9.17) is 4.74 Å². The summed E-state index contributed by atoms with van der Waals surface area (Å²) in [5, 5.41) is 3.32. The SMILES string of the molecule is CCCNC(C)(CCCN(C)C(C)CC)C(=O)OC. The number of ether oxygens (including phenoxy) is 1. The van der Waals surface area contributed by atoms with E-state index in [1.807, 2.05) is 6.92 Å². The average Bonchev–Trinajstić information content (AvgIpc) is 2.42. The van der Waals surface area contributed by atoms with E-state index in [1.54, 1.807) is 0 Å². The summed E-state index contributed by atoms with van der Waals surface area (Å²) in [7, 11) is 3.60. The van der Waals surface area contributed by atoms with Crippen LogP contribution < -0.4 is 5.32 Å². The third-order valence-corrected chi connectivity index (χ3v) is 3.93. The van der Waals surface area contributed by atoms with Gasteiger partial charge in [-0.3, -0.25) is 4.79 Å². The van der Waals surface area contributed by atoms with Crippen molar-refractivity contribution in [1.29, 1.82) is 0 Å². The summed E-state index contributed by atoms with van der Waals surface area (Å²) in [4.78, 5) is 14.3. The lowest BCUT2D eigenvalue weighted by Crippen LogP contribution is -2.50. The standard InChI is InChI=1S/C15H32N2O2/c1-7-11-16-15(4,14(18)19-6)10-9-12-17(5)13(3)8-2/h13,16H,7-12H2,1-6H3. The summed E-state index contributed by atoms with van der Waals surface area (Å²) in [5.41, 5.74) is -0.555. The third-order valence-electron chi connectivity index (χ3n) is 3.93. The lowest BCUT2D eigenvalue weighted by Gasteiger charge is -2.30. The Morgan fingerprint density at radius 3 is 2.53 bits per heavy atom. The topological polar surface area (TPSA) is 41.6 Å². The molecule has 0 aromatic heterocycles. The number of carbonyl (C=O) groups is 1. The minimum atomic E-state index is -0.555. The van der Waals surface area contributed by atoms with Crippen LogP contribution in [-0.2, 0) is 9.53 Å². The minimum absolute atomic E-state index is 0.160. The number of nitrogens with zero attached hydrogens (tertiary/aromatic N) is 1. The van der Waals surface area contributed by atoms with Crippen molar-refractivity contribution in [3.8, 4) is 0 Å². The molecule has 0 aliphatic rings. The molecule has 114 valence electrons.